The Kier molecular flexibility index (Phi) is 5.62. The van der Waals surface area contributed by atoms with Gasteiger partial charge in [-0.05, 0) is 18.4 Å². The van der Waals surface area contributed by atoms with Gasteiger partial charge < -0.3 is 5.32 Å². The minimum absolute atomic E-state index is 0.0123. The molecule has 3 rings (SSSR count). The van der Waals surface area contributed by atoms with Crippen molar-refractivity contribution in [2.45, 2.75) is 57.4 Å². The van der Waals surface area contributed by atoms with Crippen molar-refractivity contribution >= 4 is 17.5 Å². The molecule has 1 heterocycles. The first kappa shape index (κ1) is 16.7. The second-order valence-electron chi connectivity index (χ2n) is 6.58. The van der Waals surface area contributed by atoms with Gasteiger partial charge in [-0.1, -0.05) is 49.6 Å². The molecule has 1 aliphatic carbocycles. The van der Waals surface area contributed by atoms with Crippen molar-refractivity contribution in [2.24, 2.45) is 5.10 Å². The van der Waals surface area contributed by atoms with Crippen LogP contribution in [0.15, 0.2) is 35.4 Å². The van der Waals surface area contributed by atoms with E-state index < -0.39 is 0 Å². The van der Waals surface area contributed by atoms with E-state index in [0.717, 1.165) is 30.5 Å². The minimum atomic E-state index is -0.0697. The van der Waals surface area contributed by atoms with Crippen molar-refractivity contribution in [3.8, 4) is 0 Å². The molecule has 5 heteroatoms. The van der Waals surface area contributed by atoms with Gasteiger partial charge >= 0.3 is 0 Å². The van der Waals surface area contributed by atoms with Crippen LogP contribution >= 0.6 is 0 Å². The Labute approximate surface area is 143 Å². The molecule has 1 aliphatic heterocycles. The lowest BCUT2D eigenvalue weighted by atomic mass is 9.95. The topological polar surface area (TPSA) is 61.8 Å². The van der Waals surface area contributed by atoms with Crippen molar-refractivity contribution in [2.75, 3.05) is 6.54 Å². The number of nitrogens with one attached hydrogen (secondary N) is 1. The van der Waals surface area contributed by atoms with E-state index in [9.17, 15) is 9.59 Å². The molecule has 0 atom stereocenters. The van der Waals surface area contributed by atoms with Crippen LogP contribution in [0.25, 0.3) is 0 Å². The molecular weight excluding hydrogens is 302 g/mol. The Morgan fingerprint density at radius 1 is 1.08 bits per heavy atom. The van der Waals surface area contributed by atoms with Crippen LogP contribution in [0.2, 0.25) is 0 Å². The van der Waals surface area contributed by atoms with Crippen molar-refractivity contribution in [1.29, 1.82) is 0 Å². The molecule has 0 bridgehead atoms. The molecule has 1 N–H and O–H groups in total. The van der Waals surface area contributed by atoms with Crippen LogP contribution in [-0.4, -0.2) is 35.1 Å². The van der Waals surface area contributed by atoms with E-state index in [2.05, 4.69) is 10.4 Å². The number of nitrogens with zero attached hydrogens (tertiary/aromatic N) is 2. The Balaban J connectivity index is 1.45. The van der Waals surface area contributed by atoms with E-state index in [1.807, 2.05) is 30.3 Å². The first-order chi connectivity index (χ1) is 11.7. The zero-order chi connectivity index (χ0) is 16.8. The van der Waals surface area contributed by atoms with Gasteiger partial charge in [-0.25, -0.2) is 5.01 Å². The number of hydrazone groups is 1. The number of carbonyl (C=O) groups is 2. The van der Waals surface area contributed by atoms with Gasteiger partial charge in [0.2, 0.25) is 11.8 Å². The molecule has 1 saturated carbocycles. The van der Waals surface area contributed by atoms with Gasteiger partial charge in [0.15, 0.2) is 0 Å². The predicted octanol–water partition coefficient (Wildman–Crippen LogP) is 2.85. The normalized spacial score (nSPS) is 18.3. The van der Waals surface area contributed by atoms with Crippen LogP contribution in [0.4, 0.5) is 0 Å². The molecule has 0 aromatic heterocycles. The lowest BCUT2D eigenvalue weighted by molar-refractivity contribution is -0.133. The second-order valence-corrected chi connectivity index (χ2v) is 6.58. The number of hydrogen-bond acceptors (Lipinski definition) is 3. The van der Waals surface area contributed by atoms with Crippen molar-refractivity contribution in [3.05, 3.63) is 35.9 Å². The molecule has 1 aromatic carbocycles. The highest BCUT2D eigenvalue weighted by Crippen LogP contribution is 2.18. The third kappa shape index (κ3) is 4.43. The van der Waals surface area contributed by atoms with Gasteiger partial charge in [-0.15, -0.1) is 0 Å². The Hall–Kier alpha value is -2.17. The summed E-state index contributed by atoms with van der Waals surface area (Å²) in [6.45, 7) is 0.604. The smallest absolute Gasteiger partial charge is 0.243 e. The molecule has 1 fully saturated rings. The summed E-state index contributed by atoms with van der Waals surface area (Å²) in [6, 6.07) is 10.2. The molecule has 2 amide bonds. The maximum absolute atomic E-state index is 12.3. The summed E-state index contributed by atoms with van der Waals surface area (Å²) in [4.78, 5) is 24.3. The van der Waals surface area contributed by atoms with Crippen LogP contribution in [0.3, 0.4) is 0 Å². The predicted molar refractivity (Wildman–Crippen MR) is 93.6 cm³/mol. The largest absolute Gasteiger partial charge is 0.353 e. The van der Waals surface area contributed by atoms with E-state index >= 15 is 0 Å². The summed E-state index contributed by atoms with van der Waals surface area (Å²) in [7, 11) is 0. The molecule has 0 spiro atoms. The number of benzene rings is 1. The van der Waals surface area contributed by atoms with Gasteiger partial charge in [0.05, 0.1) is 12.3 Å². The summed E-state index contributed by atoms with van der Waals surface area (Å²) in [5.41, 5.74) is 2.00. The van der Waals surface area contributed by atoms with E-state index in [0.29, 0.717) is 12.6 Å². The van der Waals surface area contributed by atoms with Gasteiger partial charge in [0.25, 0.3) is 0 Å². The van der Waals surface area contributed by atoms with Gasteiger partial charge in [-0.3, -0.25) is 9.59 Å². The van der Waals surface area contributed by atoms with Crippen molar-refractivity contribution < 1.29 is 9.59 Å². The SMILES string of the molecule is O=C(CCC(=O)N1CCC(c2ccccc2)=N1)NC1CCCCC1. The fourth-order valence-electron chi connectivity index (χ4n) is 3.37. The number of amides is 2. The maximum atomic E-state index is 12.3. The van der Waals surface area contributed by atoms with Crippen LogP contribution in [0.5, 0.6) is 0 Å². The summed E-state index contributed by atoms with van der Waals surface area (Å²) in [5, 5.41) is 8.98. The Morgan fingerprint density at radius 3 is 2.58 bits per heavy atom. The molecule has 2 aliphatic rings. The molecule has 0 radical (unpaired) electrons. The van der Waals surface area contributed by atoms with Crippen LogP contribution in [0.1, 0.15) is 56.9 Å². The third-order valence-electron chi connectivity index (χ3n) is 4.73. The van der Waals surface area contributed by atoms with Gasteiger partial charge in [0.1, 0.15) is 0 Å². The maximum Gasteiger partial charge on any atom is 0.243 e. The van der Waals surface area contributed by atoms with E-state index in [1.165, 1.54) is 24.3 Å². The van der Waals surface area contributed by atoms with E-state index in [-0.39, 0.29) is 24.7 Å². The van der Waals surface area contributed by atoms with Crippen LogP contribution < -0.4 is 5.32 Å². The fraction of sp³-hybridized carbons (Fsp3) is 0.526. The quantitative estimate of drug-likeness (QED) is 0.904. The average Bonchev–Trinajstić information content (AvgIpc) is 3.11. The van der Waals surface area contributed by atoms with E-state index in [4.69, 9.17) is 0 Å². The summed E-state index contributed by atoms with van der Waals surface area (Å²) >= 11 is 0. The second kappa shape index (κ2) is 8.08. The molecule has 128 valence electrons. The number of rotatable bonds is 5. The number of carbonyl (C=O) groups excluding carboxylic acids is 2. The lowest BCUT2D eigenvalue weighted by Crippen LogP contribution is -2.36. The fourth-order valence-corrected chi connectivity index (χ4v) is 3.37. The van der Waals surface area contributed by atoms with E-state index in [1.54, 1.807) is 0 Å². The molecule has 0 unspecified atom stereocenters. The first-order valence-electron chi connectivity index (χ1n) is 8.95. The Morgan fingerprint density at radius 2 is 1.83 bits per heavy atom. The highest BCUT2D eigenvalue weighted by atomic mass is 16.2. The average molecular weight is 327 g/mol. The van der Waals surface area contributed by atoms with Crippen molar-refractivity contribution in [3.63, 3.8) is 0 Å². The molecular formula is C19H25N3O2. The van der Waals surface area contributed by atoms with Crippen LogP contribution in [-0.2, 0) is 9.59 Å². The van der Waals surface area contributed by atoms with Gasteiger partial charge in [0, 0.05) is 25.3 Å². The molecule has 5 nitrogen and oxygen atoms in total. The standard InChI is InChI=1S/C19H25N3O2/c23-18(20-16-9-5-2-6-10-16)11-12-19(24)22-14-13-17(21-22)15-7-3-1-4-8-15/h1,3-4,7-8,16H,2,5-6,9-14H2,(H,20,23). The zero-order valence-corrected chi connectivity index (χ0v) is 14.0. The summed E-state index contributed by atoms with van der Waals surface area (Å²) in [6.07, 6.45) is 7.02. The lowest BCUT2D eigenvalue weighted by Gasteiger charge is -2.22. The number of hydrogen-bond donors (Lipinski definition) is 1. The van der Waals surface area contributed by atoms with Crippen molar-refractivity contribution in [1.82, 2.24) is 10.3 Å². The summed E-state index contributed by atoms with van der Waals surface area (Å²) < 4.78 is 0. The summed E-state index contributed by atoms with van der Waals surface area (Å²) in [5.74, 6) is -0.0820. The molecule has 24 heavy (non-hydrogen) atoms. The molecule has 1 aromatic rings. The molecule has 0 saturated heterocycles. The first-order valence-corrected chi connectivity index (χ1v) is 8.95. The van der Waals surface area contributed by atoms with Crippen LogP contribution in [0, 0.1) is 0 Å². The highest BCUT2D eigenvalue weighted by molar-refractivity contribution is 6.02. The van der Waals surface area contributed by atoms with Gasteiger partial charge in [-0.2, -0.15) is 5.10 Å². The Bertz CT molecular complexity index is 606. The third-order valence-corrected chi connectivity index (χ3v) is 4.73. The minimum Gasteiger partial charge on any atom is -0.353 e. The monoisotopic (exact) mass is 327 g/mol. The zero-order valence-electron chi connectivity index (χ0n) is 14.0. The highest BCUT2D eigenvalue weighted by Gasteiger charge is 2.22.